The number of benzene rings is 1. The molecule has 15 heavy (non-hydrogen) atoms. The first-order valence-corrected chi connectivity index (χ1v) is 4.86. The number of hydrogen-bond acceptors (Lipinski definition) is 2. The molecule has 0 fully saturated rings. The van der Waals surface area contributed by atoms with Crippen molar-refractivity contribution in [3.63, 3.8) is 0 Å². The van der Waals surface area contributed by atoms with Crippen LogP contribution in [0.15, 0.2) is 30.9 Å². The minimum atomic E-state index is -0.663. The van der Waals surface area contributed by atoms with Crippen molar-refractivity contribution in [3.05, 3.63) is 42.2 Å². The second kappa shape index (κ2) is 5.51. The number of rotatable bonds is 5. The third kappa shape index (κ3) is 3.36. The molecule has 1 rings (SSSR count). The Hall–Kier alpha value is -1.35. The van der Waals surface area contributed by atoms with E-state index in [9.17, 15) is 9.50 Å². The van der Waals surface area contributed by atoms with Crippen molar-refractivity contribution < 1.29 is 14.2 Å². The number of hydrogen-bond donors (Lipinski definition) is 1. The summed E-state index contributed by atoms with van der Waals surface area (Å²) in [6.07, 6.45) is 1.75. The molecule has 1 N–H and O–H groups in total. The fourth-order valence-electron chi connectivity index (χ4n) is 1.23. The first kappa shape index (κ1) is 11.7. The molecule has 0 saturated carbocycles. The van der Waals surface area contributed by atoms with E-state index in [4.69, 9.17) is 4.74 Å². The van der Waals surface area contributed by atoms with Crippen LogP contribution in [0.1, 0.15) is 25.0 Å². The van der Waals surface area contributed by atoms with Gasteiger partial charge in [-0.1, -0.05) is 6.08 Å². The van der Waals surface area contributed by atoms with E-state index >= 15 is 0 Å². The summed E-state index contributed by atoms with van der Waals surface area (Å²) in [5, 5.41) is 9.43. The van der Waals surface area contributed by atoms with E-state index in [1.54, 1.807) is 13.0 Å². The monoisotopic (exact) mass is 210 g/mol. The number of aliphatic hydroxyl groups is 1. The summed E-state index contributed by atoms with van der Waals surface area (Å²) in [5.41, 5.74) is 0.598. The Morgan fingerprint density at radius 3 is 2.93 bits per heavy atom. The van der Waals surface area contributed by atoms with Crippen LogP contribution in [0.3, 0.4) is 0 Å². The number of aliphatic hydroxyl groups excluding tert-OH is 1. The highest BCUT2D eigenvalue weighted by molar-refractivity contribution is 5.35. The van der Waals surface area contributed by atoms with Gasteiger partial charge >= 0.3 is 0 Å². The Balaban J connectivity index is 2.82. The Labute approximate surface area is 89.0 Å². The van der Waals surface area contributed by atoms with Crippen molar-refractivity contribution in [2.45, 2.75) is 19.4 Å². The molecule has 0 aliphatic carbocycles. The van der Waals surface area contributed by atoms with E-state index in [-0.39, 0.29) is 5.82 Å². The lowest BCUT2D eigenvalue weighted by Gasteiger charge is -2.12. The van der Waals surface area contributed by atoms with Gasteiger partial charge in [-0.25, -0.2) is 4.39 Å². The summed E-state index contributed by atoms with van der Waals surface area (Å²) >= 11 is 0. The third-order valence-corrected chi connectivity index (χ3v) is 2.01. The van der Waals surface area contributed by atoms with Crippen molar-refractivity contribution in [2.24, 2.45) is 0 Å². The minimum Gasteiger partial charge on any atom is -0.493 e. The van der Waals surface area contributed by atoms with E-state index < -0.39 is 6.10 Å². The van der Waals surface area contributed by atoms with E-state index in [2.05, 4.69) is 6.58 Å². The van der Waals surface area contributed by atoms with Crippen molar-refractivity contribution in [2.75, 3.05) is 6.61 Å². The highest BCUT2D eigenvalue weighted by Gasteiger charge is 2.09. The molecule has 0 saturated heterocycles. The van der Waals surface area contributed by atoms with Gasteiger partial charge in [0.2, 0.25) is 0 Å². The van der Waals surface area contributed by atoms with Gasteiger partial charge in [0, 0.05) is 11.6 Å². The Morgan fingerprint density at radius 2 is 2.33 bits per heavy atom. The van der Waals surface area contributed by atoms with Crippen LogP contribution < -0.4 is 4.74 Å². The van der Waals surface area contributed by atoms with Gasteiger partial charge in [0.05, 0.1) is 12.7 Å². The zero-order valence-electron chi connectivity index (χ0n) is 8.74. The zero-order chi connectivity index (χ0) is 11.3. The molecule has 0 amide bonds. The van der Waals surface area contributed by atoms with Crippen LogP contribution in [0, 0.1) is 5.82 Å². The highest BCUT2D eigenvalue weighted by atomic mass is 19.1. The molecule has 1 aromatic carbocycles. The summed E-state index contributed by atoms with van der Waals surface area (Å²) in [7, 11) is 0. The van der Waals surface area contributed by atoms with Gasteiger partial charge in [-0.3, -0.25) is 0 Å². The van der Waals surface area contributed by atoms with Gasteiger partial charge < -0.3 is 9.84 Å². The molecule has 3 heteroatoms. The maximum atomic E-state index is 12.9. The van der Waals surface area contributed by atoms with E-state index in [0.717, 1.165) is 0 Å². The second-order valence-electron chi connectivity index (χ2n) is 3.28. The lowest BCUT2D eigenvalue weighted by molar-refractivity contribution is 0.191. The Morgan fingerprint density at radius 1 is 1.60 bits per heavy atom. The van der Waals surface area contributed by atoms with Crippen LogP contribution in [-0.2, 0) is 0 Å². The molecule has 0 aliphatic heterocycles. The molecule has 0 spiro atoms. The first-order valence-electron chi connectivity index (χ1n) is 4.86. The van der Waals surface area contributed by atoms with Crippen molar-refractivity contribution >= 4 is 0 Å². The van der Waals surface area contributed by atoms with Crippen molar-refractivity contribution in [3.8, 4) is 5.75 Å². The molecular formula is C12H15FO2. The van der Waals surface area contributed by atoms with Gasteiger partial charge in [0.1, 0.15) is 11.6 Å². The summed E-state index contributed by atoms with van der Waals surface area (Å²) in [5.74, 6) is 0.0276. The van der Waals surface area contributed by atoms with Gasteiger partial charge in [-0.2, -0.15) is 0 Å². The normalized spacial score (nSPS) is 12.2. The molecule has 1 atom stereocenters. The number of halogens is 1. The highest BCUT2D eigenvalue weighted by Crippen LogP contribution is 2.26. The summed E-state index contributed by atoms with van der Waals surface area (Å²) in [6.45, 7) is 5.62. The quantitative estimate of drug-likeness (QED) is 0.598. The van der Waals surface area contributed by atoms with Crippen LogP contribution in [0.4, 0.5) is 4.39 Å². The van der Waals surface area contributed by atoms with Crippen LogP contribution in [0.2, 0.25) is 0 Å². The maximum absolute atomic E-state index is 12.9. The predicted molar refractivity (Wildman–Crippen MR) is 57.3 cm³/mol. The van der Waals surface area contributed by atoms with Crippen LogP contribution in [0.5, 0.6) is 5.75 Å². The van der Waals surface area contributed by atoms with E-state index in [0.29, 0.717) is 24.3 Å². The molecule has 1 aromatic rings. The topological polar surface area (TPSA) is 29.5 Å². The van der Waals surface area contributed by atoms with Gasteiger partial charge in [-0.05, 0) is 25.5 Å². The third-order valence-electron chi connectivity index (χ3n) is 2.01. The average molecular weight is 210 g/mol. The van der Waals surface area contributed by atoms with Crippen molar-refractivity contribution in [1.82, 2.24) is 0 Å². The first-order chi connectivity index (χ1) is 7.15. The lowest BCUT2D eigenvalue weighted by Crippen LogP contribution is -2.02. The minimum absolute atomic E-state index is 0.368. The van der Waals surface area contributed by atoms with Crippen LogP contribution >= 0.6 is 0 Å². The molecule has 0 aliphatic rings. The van der Waals surface area contributed by atoms with Gasteiger partial charge in [0.25, 0.3) is 0 Å². The molecule has 82 valence electrons. The van der Waals surface area contributed by atoms with Crippen LogP contribution in [0.25, 0.3) is 0 Å². The molecule has 0 radical (unpaired) electrons. The molecule has 0 heterocycles. The molecule has 0 bridgehead atoms. The van der Waals surface area contributed by atoms with Gasteiger partial charge in [0.15, 0.2) is 0 Å². The SMILES string of the molecule is C=CCCOc1cc(F)ccc1[C@H](C)O. The fourth-order valence-corrected chi connectivity index (χ4v) is 1.23. The maximum Gasteiger partial charge on any atom is 0.128 e. The fraction of sp³-hybridized carbons (Fsp3) is 0.333. The Kier molecular flexibility index (Phi) is 4.31. The largest absolute Gasteiger partial charge is 0.493 e. The average Bonchev–Trinajstić information content (AvgIpc) is 2.18. The summed E-state index contributed by atoms with van der Waals surface area (Å²) in [6, 6.07) is 4.12. The van der Waals surface area contributed by atoms with E-state index in [1.807, 2.05) is 0 Å². The molecule has 0 unspecified atom stereocenters. The standard InChI is InChI=1S/C12H15FO2/c1-3-4-7-15-12-8-10(13)5-6-11(12)9(2)14/h3,5-6,8-9,14H,1,4,7H2,2H3/t9-/m0/s1. The van der Waals surface area contributed by atoms with E-state index in [1.165, 1.54) is 18.2 Å². The second-order valence-corrected chi connectivity index (χ2v) is 3.28. The van der Waals surface area contributed by atoms with Gasteiger partial charge in [-0.15, -0.1) is 6.58 Å². The number of ether oxygens (including phenoxy) is 1. The van der Waals surface area contributed by atoms with Crippen LogP contribution in [-0.4, -0.2) is 11.7 Å². The zero-order valence-corrected chi connectivity index (χ0v) is 8.74. The molecular weight excluding hydrogens is 195 g/mol. The summed E-state index contributed by atoms with van der Waals surface area (Å²) < 4.78 is 18.3. The van der Waals surface area contributed by atoms with Crippen molar-refractivity contribution in [1.29, 1.82) is 0 Å². The molecule has 2 nitrogen and oxygen atoms in total. The Bertz CT molecular complexity index is 334. The molecule has 0 aromatic heterocycles. The lowest BCUT2D eigenvalue weighted by atomic mass is 10.1. The smallest absolute Gasteiger partial charge is 0.128 e. The summed E-state index contributed by atoms with van der Waals surface area (Å²) in [4.78, 5) is 0. The predicted octanol–water partition coefficient (Wildman–Crippen LogP) is 2.83.